The highest BCUT2D eigenvalue weighted by Crippen LogP contribution is 2.32. The molecular weight excluding hydrogens is 422 g/mol. The summed E-state index contributed by atoms with van der Waals surface area (Å²) in [4.78, 5) is 30.1. The number of nitrogens with zero attached hydrogens (tertiary/aromatic N) is 6. The number of rotatable bonds is 9. The van der Waals surface area contributed by atoms with Gasteiger partial charge in [-0.1, -0.05) is 50.1 Å². The lowest BCUT2D eigenvalue weighted by molar-refractivity contribution is -0.129. The molecule has 0 bridgehead atoms. The number of carbonyl (C=O) groups is 1. The normalized spacial score (nSPS) is 18.9. The molecule has 33 heavy (non-hydrogen) atoms. The second-order valence-corrected chi connectivity index (χ2v) is 9.35. The summed E-state index contributed by atoms with van der Waals surface area (Å²) >= 11 is 0. The Morgan fingerprint density at radius 1 is 1.18 bits per heavy atom. The maximum Gasteiger partial charge on any atom is 0.244 e. The number of anilines is 1. The average Bonchev–Trinajstić information content (AvgIpc) is 3.34. The first kappa shape index (κ1) is 23.6. The summed E-state index contributed by atoms with van der Waals surface area (Å²) < 4.78 is 5.61. The van der Waals surface area contributed by atoms with Gasteiger partial charge in [-0.25, -0.2) is 15.4 Å². The molecule has 0 radical (unpaired) electrons. The minimum atomic E-state index is -0.449. The monoisotopic (exact) mass is 457 g/mol. The summed E-state index contributed by atoms with van der Waals surface area (Å²) in [7, 11) is 2.11. The number of piperazine rings is 1. The Balaban J connectivity index is 1.47. The highest BCUT2D eigenvalue weighted by Gasteiger charge is 2.26. The highest BCUT2D eigenvalue weighted by molar-refractivity contribution is 5.75. The van der Waals surface area contributed by atoms with E-state index in [9.17, 15) is 4.79 Å². The molecule has 2 N–H and O–H groups in total. The molecular formula is C23H35N7O3. The zero-order chi connectivity index (χ0) is 23.0. The van der Waals surface area contributed by atoms with Crippen molar-refractivity contribution in [1.29, 1.82) is 0 Å². The molecule has 0 spiro atoms. The van der Waals surface area contributed by atoms with Crippen LogP contribution in [0.3, 0.4) is 0 Å². The molecule has 4 rings (SSSR count). The van der Waals surface area contributed by atoms with E-state index in [2.05, 4.69) is 37.0 Å². The van der Waals surface area contributed by atoms with Crippen molar-refractivity contribution in [1.82, 2.24) is 30.5 Å². The molecule has 3 heterocycles. The van der Waals surface area contributed by atoms with Gasteiger partial charge in [0, 0.05) is 50.9 Å². The lowest BCUT2D eigenvalue weighted by Gasteiger charge is -2.33. The van der Waals surface area contributed by atoms with Crippen LogP contribution < -0.4 is 10.4 Å². The van der Waals surface area contributed by atoms with Crippen molar-refractivity contribution in [2.75, 3.05) is 38.1 Å². The Labute approximate surface area is 194 Å². The minimum Gasteiger partial charge on any atom is -0.352 e. The third-order valence-electron chi connectivity index (χ3n) is 6.93. The molecule has 180 valence electrons. The molecule has 2 aromatic rings. The van der Waals surface area contributed by atoms with Crippen LogP contribution in [0, 0.1) is 5.92 Å². The van der Waals surface area contributed by atoms with E-state index in [4.69, 9.17) is 9.73 Å². The van der Waals surface area contributed by atoms with E-state index in [0.29, 0.717) is 17.4 Å². The number of hydrogen-bond donors (Lipinski definition) is 2. The molecule has 1 saturated heterocycles. The van der Waals surface area contributed by atoms with Crippen LogP contribution >= 0.6 is 0 Å². The van der Waals surface area contributed by atoms with Crippen molar-refractivity contribution in [3.8, 4) is 11.5 Å². The molecule has 0 aromatic carbocycles. The van der Waals surface area contributed by atoms with Gasteiger partial charge >= 0.3 is 0 Å². The number of likely N-dealkylation sites (N-methyl/N-ethyl adjacent to an activating group) is 1. The van der Waals surface area contributed by atoms with Gasteiger partial charge in [-0.05, 0) is 19.4 Å². The number of amides is 1. The van der Waals surface area contributed by atoms with Gasteiger partial charge < -0.3 is 14.3 Å². The summed E-state index contributed by atoms with van der Waals surface area (Å²) in [6.07, 6.45) is 12.9. The van der Waals surface area contributed by atoms with Gasteiger partial charge in [0.15, 0.2) is 11.5 Å². The fourth-order valence-electron chi connectivity index (χ4n) is 4.95. The molecule has 2 aliphatic rings. The Morgan fingerprint density at radius 2 is 1.94 bits per heavy atom. The smallest absolute Gasteiger partial charge is 0.244 e. The zero-order valence-electron chi connectivity index (χ0n) is 19.4. The van der Waals surface area contributed by atoms with Crippen molar-refractivity contribution in [2.24, 2.45) is 5.92 Å². The maximum atomic E-state index is 11.9. The van der Waals surface area contributed by atoms with Crippen LogP contribution in [-0.2, 0) is 4.79 Å². The van der Waals surface area contributed by atoms with Gasteiger partial charge in [0.2, 0.25) is 17.6 Å². The second-order valence-electron chi connectivity index (χ2n) is 9.35. The summed E-state index contributed by atoms with van der Waals surface area (Å²) in [5.74, 6) is 1.62. The van der Waals surface area contributed by atoms with E-state index >= 15 is 0 Å². The van der Waals surface area contributed by atoms with Gasteiger partial charge in [0.25, 0.3) is 0 Å². The Morgan fingerprint density at radius 3 is 2.70 bits per heavy atom. The molecule has 1 aliphatic heterocycles. The van der Waals surface area contributed by atoms with Gasteiger partial charge in [0.05, 0.1) is 0 Å². The molecule has 1 atom stereocenters. The highest BCUT2D eigenvalue weighted by atomic mass is 16.5. The van der Waals surface area contributed by atoms with Crippen molar-refractivity contribution in [3.05, 3.63) is 18.3 Å². The van der Waals surface area contributed by atoms with Crippen LogP contribution in [0.1, 0.15) is 69.6 Å². The first-order chi connectivity index (χ1) is 16.1. The molecule has 1 aliphatic carbocycles. The lowest BCUT2D eigenvalue weighted by atomic mass is 9.84. The predicted molar refractivity (Wildman–Crippen MR) is 123 cm³/mol. The first-order valence-corrected chi connectivity index (χ1v) is 12.2. The largest absolute Gasteiger partial charge is 0.352 e. The van der Waals surface area contributed by atoms with Crippen molar-refractivity contribution in [3.63, 3.8) is 0 Å². The van der Waals surface area contributed by atoms with Crippen LogP contribution in [0.5, 0.6) is 0 Å². The number of nitrogens with one attached hydrogen (secondary N) is 1. The van der Waals surface area contributed by atoms with E-state index in [1.54, 1.807) is 17.9 Å². The van der Waals surface area contributed by atoms with Crippen LogP contribution in [0.25, 0.3) is 11.5 Å². The van der Waals surface area contributed by atoms with Crippen molar-refractivity contribution >= 4 is 11.7 Å². The second kappa shape index (κ2) is 11.5. The SMILES string of the molecule is CN1CCN(c2nccnc2-c2noc(C(CCCC3CCCCC3)CC(=O)NO)n2)CC1. The van der Waals surface area contributed by atoms with Crippen LogP contribution in [0.15, 0.2) is 16.9 Å². The quantitative estimate of drug-likeness (QED) is 0.432. The number of hydroxylamine groups is 1. The van der Waals surface area contributed by atoms with Crippen molar-refractivity contribution < 1.29 is 14.5 Å². The van der Waals surface area contributed by atoms with Crippen LogP contribution in [0.2, 0.25) is 0 Å². The Bertz CT molecular complexity index is 892. The fourth-order valence-corrected chi connectivity index (χ4v) is 4.95. The zero-order valence-corrected chi connectivity index (χ0v) is 19.4. The average molecular weight is 458 g/mol. The van der Waals surface area contributed by atoms with E-state index in [0.717, 1.165) is 57.2 Å². The third kappa shape index (κ3) is 6.26. The molecule has 1 saturated carbocycles. The van der Waals surface area contributed by atoms with Gasteiger partial charge in [0.1, 0.15) is 0 Å². The van der Waals surface area contributed by atoms with Gasteiger partial charge in [-0.2, -0.15) is 4.98 Å². The molecule has 1 unspecified atom stereocenters. The van der Waals surface area contributed by atoms with Gasteiger partial charge in [-0.15, -0.1) is 0 Å². The predicted octanol–water partition coefficient (Wildman–Crippen LogP) is 3.01. The molecule has 1 amide bonds. The summed E-state index contributed by atoms with van der Waals surface area (Å²) in [6, 6.07) is 0. The fraction of sp³-hybridized carbons (Fsp3) is 0.696. The van der Waals surface area contributed by atoms with Crippen LogP contribution in [0.4, 0.5) is 5.82 Å². The lowest BCUT2D eigenvalue weighted by Crippen LogP contribution is -2.45. The van der Waals surface area contributed by atoms with E-state index in [1.165, 1.54) is 32.1 Å². The van der Waals surface area contributed by atoms with Crippen molar-refractivity contribution in [2.45, 2.75) is 63.7 Å². The van der Waals surface area contributed by atoms with Gasteiger partial charge in [-0.3, -0.25) is 10.0 Å². The molecule has 10 heteroatoms. The molecule has 2 aromatic heterocycles. The Kier molecular flexibility index (Phi) is 8.22. The standard InChI is InChI=1S/C23H35N7O3/c1-29-12-14-30(15-13-29)22-20(24-10-11-25-22)21-26-23(33-28-21)18(16-19(31)27-32)9-5-8-17-6-3-2-4-7-17/h10-11,17-18,32H,2-9,12-16H2,1H3,(H,27,31). The topological polar surface area (TPSA) is 121 Å². The van der Waals surface area contributed by atoms with E-state index in [-0.39, 0.29) is 12.3 Å². The molecule has 2 fully saturated rings. The summed E-state index contributed by atoms with van der Waals surface area (Å²) in [5.41, 5.74) is 2.33. The summed E-state index contributed by atoms with van der Waals surface area (Å²) in [5, 5.41) is 13.2. The molecule has 10 nitrogen and oxygen atoms in total. The third-order valence-corrected chi connectivity index (χ3v) is 6.93. The number of aromatic nitrogens is 4. The van der Waals surface area contributed by atoms with E-state index in [1.807, 2.05) is 0 Å². The number of hydrogen-bond acceptors (Lipinski definition) is 9. The van der Waals surface area contributed by atoms with E-state index < -0.39 is 5.91 Å². The van der Waals surface area contributed by atoms with Crippen LogP contribution in [-0.4, -0.2) is 69.3 Å². The minimum absolute atomic E-state index is 0.106. The first-order valence-electron chi connectivity index (χ1n) is 12.2. The summed E-state index contributed by atoms with van der Waals surface area (Å²) in [6.45, 7) is 3.61. The maximum absolute atomic E-state index is 11.9. The number of carbonyl (C=O) groups excluding carboxylic acids is 1. The Hall–Kier alpha value is -2.59.